The Labute approximate surface area is 170 Å². The highest BCUT2D eigenvalue weighted by Crippen LogP contribution is 2.24. The van der Waals surface area contributed by atoms with Gasteiger partial charge in [0.25, 0.3) is 5.95 Å². The Morgan fingerprint density at radius 1 is 0.862 bits per heavy atom. The molecule has 0 bridgehead atoms. The Hall–Kier alpha value is -3.54. The van der Waals surface area contributed by atoms with Gasteiger partial charge in [0.2, 0.25) is 11.9 Å². The molecule has 0 amide bonds. The van der Waals surface area contributed by atoms with E-state index in [0.29, 0.717) is 17.8 Å². The van der Waals surface area contributed by atoms with Crippen molar-refractivity contribution in [3.63, 3.8) is 0 Å². The van der Waals surface area contributed by atoms with Crippen molar-refractivity contribution >= 4 is 34.9 Å². The molecule has 2 aromatic carbocycles. The van der Waals surface area contributed by atoms with Gasteiger partial charge in [-0.2, -0.15) is 15.0 Å². The van der Waals surface area contributed by atoms with Crippen LogP contribution in [0.3, 0.4) is 0 Å². The molecule has 146 valence electrons. The fourth-order valence-electron chi connectivity index (χ4n) is 3.11. The number of para-hydroxylation sites is 1. The quantitative estimate of drug-likeness (QED) is 0.582. The van der Waals surface area contributed by atoms with Crippen molar-refractivity contribution in [3.8, 4) is 0 Å². The van der Waals surface area contributed by atoms with Gasteiger partial charge in [0.05, 0.1) is 0 Å². The van der Waals surface area contributed by atoms with E-state index in [1.165, 1.54) is 5.56 Å². The third kappa shape index (κ3) is 4.85. The maximum Gasteiger partial charge on any atom is 0.256 e. The maximum absolute atomic E-state index is 4.65. The number of benzene rings is 2. The molecule has 0 atom stereocenters. The summed E-state index contributed by atoms with van der Waals surface area (Å²) in [5, 5.41) is 6.57. The lowest BCUT2D eigenvalue weighted by molar-refractivity contribution is 0.877. The van der Waals surface area contributed by atoms with Crippen LogP contribution in [0.5, 0.6) is 0 Å². The van der Waals surface area contributed by atoms with Crippen LogP contribution in [-0.4, -0.2) is 20.7 Å². The SMILES string of the molecule is Cc1cccc(Nc2nc(N=C3C=CCCC3)nc(Nc3ccccc3)n2)c1C. The fourth-order valence-corrected chi connectivity index (χ4v) is 3.11. The Morgan fingerprint density at radius 2 is 1.66 bits per heavy atom. The first kappa shape index (κ1) is 18.8. The van der Waals surface area contributed by atoms with E-state index in [4.69, 9.17) is 0 Å². The molecular weight excluding hydrogens is 360 g/mol. The minimum Gasteiger partial charge on any atom is -0.324 e. The number of nitrogens with zero attached hydrogens (tertiary/aromatic N) is 4. The molecule has 1 heterocycles. The number of hydrogen-bond acceptors (Lipinski definition) is 6. The number of anilines is 4. The monoisotopic (exact) mass is 384 g/mol. The van der Waals surface area contributed by atoms with Gasteiger partial charge >= 0.3 is 0 Å². The normalized spacial score (nSPS) is 14.8. The van der Waals surface area contributed by atoms with Crippen molar-refractivity contribution in [2.75, 3.05) is 10.6 Å². The van der Waals surface area contributed by atoms with Gasteiger partial charge in [0.15, 0.2) is 0 Å². The first-order valence-electron chi connectivity index (χ1n) is 9.83. The molecule has 2 N–H and O–H groups in total. The van der Waals surface area contributed by atoms with E-state index in [2.05, 4.69) is 62.6 Å². The Balaban J connectivity index is 1.70. The summed E-state index contributed by atoms with van der Waals surface area (Å²) in [4.78, 5) is 18.3. The Morgan fingerprint density at radius 3 is 2.41 bits per heavy atom. The zero-order valence-electron chi connectivity index (χ0n) is 16.7. The van der Waals surface area contributed by atoms with Crippen LogP contribution in [0.4, 0.5) is 29.2 Å². The molecule has 6 heteroatoms. The molecule has 0 aliphatic heterocycles. The van der Waals surface area contributed by atoms with Crippen molar-refractivity contribution in [2.24, 2.45) is 4.99 Å². The highest BCUT2D eigenvalue weighted by molar-refractivity contribution is 5.96. The van der Waals surface area contributed by atoms with Crippen LogP contribution in [0.2, 0.25) is 0 Å². The van der Waals surface area contributed by atoms with Gasteiger partial charge in [-0.25, -0.2) is 4.99 Å². The molecule has 1 aliphatic rings. The van der Waals surface area contributed by atoms with E-state index in [9.17, 15) is 0 Å². The molecule has 6 nitrogen and oxygen atoms in total. The summed E-state index contributed by atoms with van der Waals surface area (Å²) in [6, 6.07) is 16.0. The molecule has 29 heavy (non-hydrogen) atoms. The molecule has 0 radical (unpaired) electrons. The van der Waals surface area contributed by atoms with E-state index < -0.39 is 0 Å². The van der Waals surface area contributed by atoms with Crippen LogP contribution >= 0.6 is 0 Å². The van der Waals surface area contributed by atoms with Gasteiger partial charge in [0, 0.05) is 17.1 Å². The van der Waals surface area contributed by atoms with Crippen LogP contribution in [0.1, 0.15) is 30.4 Å². The van der Waals surface area contributed by atoms with Gasteiger partial charge in [-0.1, -0.05) is 36.4 Å². The van der Waals surface area contributed by atoms with Crippen molar-refractivity contribution in [1.29, 1.82) is 0 Å². The summed E-state index contributed by atoms with van der Waals surface area (Å²) in [5.41, 5.74) is 5.24. The van der Waals surface area contributed by atoms with Crippen LogP contribution in [-0.2, 0) is 0 Å². The van der Waals surface area contributed by atoms with Gasteiger partial charge in [-0.05, 0) is 68.5 Å². The van der Waals surface area contributed by atoms with Crippen molar-refractivity contribution in [1.82, 2.24) is 15.0 Å². The predicted molar refractivity (Wildman–Crippen MR) is 119 cm³/mol. The molecular formula is C23H24N6. The number of allylic oxidation sites excluding steroid dienone is 2. The topological polar surface area (TPSA) is 75.1 Å². The maximum atomic E-state index is 4.65. The zero-order valence-corrected chi connectivity index (χ0v) is 16.7. The Bertz CT molecular complexity index is 1060. The van der Waals surface area contributed by atoms with Crippen LogP contribution in [0.15, 0.2) is 65.7 Å². The fraction of sp³-hybridized carbons (Fsp3) is 0.217. The molecule has 0 unspecified atom stereocenters. The summed E-state index contributed by atoms with van der Waals surface area (Å²) in [6.07, 6.45) is 7.32. The molecule has 1 aromatic heterocycles. The number of aliphatic imine (C=N–C) groups is 1. The largest absolute Gasteiger partial charge is 0.324 e. The number of hydrogen-bond donors (Lipinski definition) is 2. The standard InChI is InChI=1S/C23H24N6/c1-16-10-9-15-20(17(16)2)26-23-28-21(24-18-11-5-3-6-12-18)27-22(29-23)25-19-13-7-4-8-14-19/h3,5-7,9-13,15H,4,8,14H2,1-2H3,(H2,24,26,27,28,29). The van der Waals surface area contributed by atoms with Crippen LogP contribution in [0.25, 0.3) is 0 Å². The lowest BCUT2D eigenvalue weighted by Crippen LogP contribution is -2.06. The first-order chi connectivity index (χ1) is 14.2. The second kappa shape index (κ2) is 8.65. The predicted octanol–water partition coefficient (Wildman–Crippen LogP) is 5.79. The van der Waals surface area contributed by atoms with E-state index in [1.54, 1.807) is 0 Å². The molecule has 3 aromatic rings. The molecule has 0 saturated heterocycles. The minimum atomic E-state index is 0.396. The highest BCUT2D eigenvalue weighted by atomic mass is 15.3. The van der Waals surface area contributed by atoms with Crippen molar-refractivity contribution in [2.45, 2.75) is 33.1 Å². The zero-order chi connectivity index (χ0) is 20.1. The summed E-state index contributed by atoms with van der Waals surface area (Å²) in [5.74, 6) is 1.32. The van der Waals surface area contributed by atoms with Gasteiger partial charge in [0.1, 0.15) is 0 Å². The summed E-state index contributed by atoms with van der Waals surface area (Å²) in [6.45, 7) is 4.17. The molecule has 4 rings (SSSR count). The molecule has 0 spiro atoms. The van der Waals surface area contributed by atoms with Gasteiger partial charge in [-0.15, -0.1) is 0 Å². The van der Waals surface area contributed by atoms with E-state index >= 15 is 0 Å². The van der Waals surface area contributed by atoms with Gasteiger partial charge < -0.3 is 10.6 Å². The first-order valence-corrected chi connectivity index (χ1v) is 9.83. The third-order valence-electron chi connectivity index (χ3n) is 4.86. The van der Waals surface area contributed by atoms with E-state index in [1.807, 2.05) is 42.5 Å². The smallest absolute Gasteiger partial charge is 0.256 e. The molecule has 1 aliphatic carbocycles. The number of aromatic nitrogens is 3. The average molecular weight is 384 g/mol. The Kier molecular flexibility index (Phi) is 5.61. The molecule has 0 saturated carbocycles. The highest BCUT2D eigenvalue weighted by Gasteiger charge is 2.10. The number of aryl methyl sites for hydroxylation is 1. The molecule has 0 fully saturated rings. The van der Waals surface area contributed by atoms with Crippen molar-refractivity contribution in [3.05, 3.63) is 71.8 Å². The lowest BCUT2D eigenvalue weighted by Gasteiger charge is -2.12. The van der Waals surface area contributed by atoms with E-state index in [0.717, 1.165) is 41.9 Å². The summed E-state index contributed by atoms with van der Waals surface area (Å²) >= 11 is 0. The number of nitrogens with one attached hydrogen (secondary N) is 2. The van der Waals surface area contributed by atoms with Crippen molar-refractivity contribution < 1.29 is 0 Å². The lowest BCUT2D eigenvalue weighted by atomic mass is 10.1. The second-order valence-electron chi connectivity index (χ2n) is 7.04. The summed E-state index contributed by atoms with van der Waals surface area (Å²) in [7, 11) is 0. The van der Waals surface area contributed by atoms with Crippen LogP contribution < -0.4 is 10.6 Å². The minimum absolute atomic E-state index is 0.396. The average Bonchev–Trinajstić information content (AvgIpc) is 2.73. The second-order valence-corrected chi connectivity index (χ2v) is 7.04. The number of rotatable bonds is 5. The third-order valence-corrected chi connectivity index (χ3v) is 4.86. The van der Waals surface area contributed by atoms with Crippen LogP contribution in [0, 0.1) is 13.8 Å². The summed E-state index contributed by atoms with van der Waals surface area (Å²) < 4.78 is 0. The van der Waals surface area contributed by atoms with Gasteiger partial charge in [-0.3, -0.25) is 0 Å². The van der Waals surface area contributed by atoms with E-state index in [-0.39, 0.29) is 0 Å².